The summed E-state index contributed by atoms with van der Waals surface area (Å²) in [7, 11) is 1.60. The van der Waals surface area contributed by atoms with Crippen LogP contribution >= 0.6 is 0 Å². The van der Waals surface area contributed by atoms with Crippen molar-refractivity contribution in [1.82, 2.24) is 0 Å². The minimum absolute atomic E-state index is 0.197. The third-order valence-corrected chi connectivity index (χ3v) is 3.16. The molecule has 1 atom stereocenters. The Hall–Kier alpha value is -1.10. The van der Waals surface area contributed by atoms with Crippen LogP contribution in [0.2, 0.25) is 0 Å². The molecule has 1 aromatic rings. The van der Waals surface area contributed by atoms with Gasteiger partial charge in [-0.2, -0.15) is 0 Å². The molecule has 4 nitrogen and oxygen atoms in total. The van der Waals surface area contributed by atoms with Crippen molar-refractivity contribution < 1.29 is 19.3 Å². The lowest BCUT2D eigenvalue weighted by Crippen LogP contribution is -2.25. The van der Waals surface area contributed by atoms with Gasteiger partial charge in [-0.05, 0) is 18.9 Å². The summed E-state index contributed by atoms with van der Waals surface area (Å²) < 4.78 is 16.2. The molecule has 0 aliphatic carbocycles. The Bertz CT molecular complexity index is 361. The summed E-state index contributed by atoms with van der Waals surface area (Å²) >= 11 is 0. The van der Waals surface area contributed by atoms with Crippen LogP contribution in [0.3, 0.4) is 0 Å². The summed E-state index contributed by atoms with van der Waals surface area (Å²) in [5.41, 5.74) is 0.770. The molecule has 0 saturated carbocycles. The van der Waals surface area contributed by atoms with Crippen LogP contribution in [0.1, 0.15) is 24.5 Å². The zero-order valence-electron chi connectivity index (χ0n) is 10.7. The monoisotopic (exact) mass is 252 g/mol. The molecule has 1 saturated heterocycles. The Morgan fingerprint density at radius 1 is 1.33 bits per heavy atom. The molecule has 0 bridgehead atoms. The van der Waals surface area contributed by atoms with Gasteiger partial charge in [0.25, 0.3) is 0 Å². The van der Waals surface area contributed by atoms with Crippen molar-refractivity contribution in [3.63, 3.8) is 0 Å². The second-order valence-corrected chi connectivity index (χ2v) is 4.40. The van der Waals surface area contributed by atoms with Crippen molar-refractivity contribution >= 4 is 0 Å². The van der Waals surface area contributed by atoms with Gasteiger partial charge in [0.1, 0.15) is 11.9 Å². The van der Waals surface area contributed by atoms with E-state index in [1.54, 1.807) is 7.11 Å². The molecule has 1 heterocycles. The lowest BCUT2D eigenvalue weighted by atomic mass is 10.1. The van der Waals surface area contributed by atoms with Gasteiger partial charge < -0.3 is 19.3 Å². The quantitative estimate of drug-likeness (QED) is 0.869. The molecular formula is C14H20O4. The highest BCUT2D eigenvalue weighted by molar-refractivity contribution is 5.34. The average molecular weight is 252 g/mol. The van der Waals surface area contributed by atoms with Gasteiger partial charge in [-0.15, -0.1) is 0 Å². The topological polar surface area (TPSA) is 47.9 Å². The predicted octanol–water partition coefficient (Wildman–Crippen LogP) is 1.92. The lowest BCUT2D eigenvalue weighted by Gasteiger charge is -2.24. The summed E-state index contributed by atoms with van der Waals surface area (Å²) in [5.74, 6) is 0.695. The first kappa shape index (κ1) is 13.3. The molecule has 0 radical (unpaired) electrons. The molecule has 1 fully saturated rings. The average Bonchev–Trinajstić information content (AvgIpc) is 2.45. The first-order valence-electron chi connectivity index (χ1n) is 6.31. The third-order valence-electron chi connectivity index (χ3n) is 3.16. The maximum atomic E-state index is 10.1. The Morgan fingerprint density at radius 2 is 2.06 bits per heavy atom. The molecule has 100 valence electrons. The molecule has 1 N–H and O–H groups in total. The molecule has 0 amide bonds. The Morgan fingerprint density at radius 3 is 2.78 bits per heavy atom. The zero-order valence-corrected chi connectivity index (χ0v) is 10.7. The van der Waals surface area contributed by atoms with E-state index < -0.39 is 6.10 Å². The largest absolute Gasteiger partial charge is 0.496 e. The van der Waals surface area contributed by atoms with Crippen LogP contribution in [0, 0.1) is 0 Å². The van der Waals surface area contributed by atoms with E-state index in [1.807, 2.05) is 24.3 Å². The molecule has 18 heavy (non-hydrogen) atoms. The van der Waals surface area contributed by atoms with E-state index in [0.717, 1.165) is 31.6 Å². The second-order valence-electron chi connectivity index (χ2n) is 4.40. The number of aliphatic hydroxyl groups excluding tert-OH is 1. The van der Waals surface area contributed by atoms with Crippen LogP contribution < -0.4 is 4.74 Å². The SMILES string of the molecule is COc1ccccc1C(O)COC1CCOCC1. The van der Waals surface area contributed by atoms with E-state index in [0.29, 0.717) is 12.4 Å². The normalized spacial score (nSPS) is 18.6. The predicted molar refractivity (Wildman–Crippen MR) is 67.7 cm³/mol. The molecule has 0 spiro atoms. The molecule has 4 heteroatoms. The fourth-order valence-electron chi connectivity index (χ4n) is 2.10. The van der Waals surface area contributed by atoms with Crippen LogP contribution in [0.15, 0.2) is 24.3 Å². The summed E-state index contributed by atoms with van der Waals surface area (Å²) in [5, 5.41) is 10.1. The maximum Gasteiger partial charge on any atom is 0.124 e. The third kappa shape index (κ3) is 3.45. The number of benzene rings is 1. The first-order valence-corrected chi connectivity index (χ1v) is 6.31. The van der Waals surface area contributed by atoms with Crippen LogP contribution in [0.25, 0.3) is 0 Å². The van der Waals surface area contributed by atoms with Gasteiger partial charge in [-0.1, -0.05) is 18.2 Å². The molecular weight excluding hydrogens is 232 g/mol. The molecule has 1 aromatic carbocycles. The van der Waals surface area contributed by atoms with Crippen molar-refractivity contribution in [3.05, 3.63) is 29.8 Å². The number of ether oxygens (including phenoxy) is 3. The van der Waals surface area contributed by atoms with Gasteiger partial charge in [-0.3, -0.25) is 0 Å². The van der Waals surface area contributed by atoms with Gasteiger partial charge in [0, 0.05) is 18.8 Å². The van der Waals surface area contributed by atoms with E-state index in [1.165, 1.54) is 0 Å². The van der Waals surface area contributed by atoms with E-state index >= 15 is 0 Å². The number of para-hydroxylation sites is 1. The summed E-state index contributed by atoms with van der Waals surface area (Å²) in [4.78, 5) is 0. The van der Waals surface area contributed by atoms with Gasteiger partial charge in [0.05, 0.1) is 19.8 Å². The highest BCUT2D eigenvalue weighted by Gasteiger charge is 2.18. The number of methoxy groups -OCH3 is 1. The minimum atomic E-state index is -0.649. The number of hydrogen-bond acceptors (Lipinski definition) is 4. The lowest BCUT2D eigenvalue weighted by molar-refractivity contribution is -0.0601. The van der Waals surface area contributed by atoms with Crippen molar-refractivity contribution in [2.45, 2.75) is 25.0 Å². The fraction of sp³-hybridized carbons (Fsp3) is 0.571. The van der Waals surface area contributed by atoms with Crippen molar-refractivity contribution in [2.24, 2.45) is 0 Å². The van der Waals surface area contributed by atoms with Gasteiger partial charge >= 0.3 is 0 Å². The number of hydrogen-bond donors (Lipinski definition) is 1. The van der Waals surface area contributed by atoms with Crippen molar-refractivity contribution in [3.8, 4) is 5.75 Å². The highest BCUT2D eigenvalue weighted by atomic mass is 16.5. The highest BCUT2D eigenvalue weighted by Crippen LogP contribution is 2.25. The minimum Gasteiger partial charge on any atom is -0.496 e. The summed E-state index contributed by atoms with van der Waals surface area (Å²) in [6.45, 7) is 1.79. The number of aliphatic hydroxyl groups is 1. The Balaban J connectivity index is 1.88. The van der Waals surface area contributed by atoms with Gasteiger partial charge in [0.2, 0.25) is 0 Å². The smallest absolute Gasteiger partial charge is 0.124 e. The van der Waals surface area contributed by atoms with E-state index in [-0.39, 0.29) is 6.10 Å². The molecule has 0 aromatic heterocycles. The second kappa shape index (κ2) is 6.73. The van der Waals surface area contributed by atoms with Crippen LogP contribution in [0.4, 0.5) is 0 Å². The van der Waals surface area contributed by atoms with Crippen LogP contribution in [-0.4, -0.2) is 38.1 Å². The first-order chi connectivity index (χ1) is 8.81. The summed E-state index contributed by atoms with van der Waals surface area (Å²) in [6.07, 6.45) is 1.35. The summed E-state index contributed by atoms with van der Waals surface area (Å²) in [6, 6.07) is 7.47. The Labute approximate surface area is 107 Å². The van der Waals surface area contributed by atoms with Crippen molar-refractivity contribution in [2.75, 3.05) is 26.9 Å². The fourth-order valence-corrected chi connectivity index (χ4v) is 2.10. The molecule has 1 aliphatic rings. The molecule has 1 aliphatic heterocycles. The van der Waals surface area contributed by atoms with Gasteiger partial charge in [0.15, 0.2) is 0 Å². The maximum absolute atomic E-state index is 10.1. The molecule has 1 unspecified atom stereocenters. The van der Waals surface area contributed by atoms with Crippen molar-refractivity contribution in [1.29, 1.82) is 0 Å². The molecule has 2 rings (SSSR count). The Kier molecular flexibility index (Phi) is 4.99. The van der Waals surface area contributed by atoms with E-state index in [4.69, 9.17) is 14.2 Å². The standard InChI is InChI=1S/C14H20O4/c1-16-14-5-3-2-4-12(14)13(15)10-18-11-6-8-17-9-7-11/h2-5,11,13,15H,6-10H2,1H3. The van der Waals surface area contributed by atoms with Crippen LogP contribution in [-0.2, 0) is 9.47 Å². The number of rotatable bonds is 5. The zero-order chi connectivity index (χ0) is 12.8. The van der Waals surface area contributed by atoms with E-state index in [2.05, 4.69) is 0 Å². The van der Waals surface area contributed by atoms with Gasteiger partial charge in [-0.25, -0.2) is 0 Å². The van der Waals surface area contributed by atoms with Crippen LogP contribution in [0.5, 0.6) is 5.75 Å². The van der Waals surface area contributed by atoms with E-state index in [9.17, 15) is 5.11 Å².